The zero-order valence-corrected chi connectivity index (χ0v) is 18.4. The zero-order valence-electron chi connectivity index (χ0n) is 18.4. The lowest BCUT2D eigenvalue weighted by Crippen LogP contribution is -2.57. The molecule has 0 bridgehead atoms. The molecule has 31 heavy (non-hydrogen) atoms. The average molecular weight is 414 g/mol. The van der Waals surface area contributed by atoms with Crippen molar-refractivity contribution in [2.45, 2.75) is 56.9 Å². The van der Waals surface area contributed by atoms with Gasteiger partial charge in [0.15, 0.2) is 0 Å². The first kappa shape index (κ1) is 18.4. The van der Waals surface area contributed by atoms with Gasteiger partial charge in [0.05, 0.1) is 0 Å². The van der Waals surface area contributed by atoms with Crippen molar-refractivity contribution in [1.29, 1.82) is 0 Å². The topological polar surface area (TPSA) is 36.4 Å². The molecule has 4 heteroatoms. The van der Waals surface area contributed by atoms with Crippen LogP contribution in [0.25, 0.3) is 0 Å². The van der Waals surface area contributed by atoms with Crippen LogP contribution < -0.4 is 4.90 Å². The van der Waals surface area contributed by atoms with Crippen molar-refractivity contribution in [3.05, 3.63) is 59.4 Å². The molecule has 4 atom stereocenters. The van der Waals surface area contributed by atoms with E-state index in [0.29, 0.717) is 0 Å². The maximum absolute atomic E-state index is 13.4. The minimum atomic E-state index is 0.110. The summed E-state index contributed by atoms with van der Waals surface area (Å²) in [5.41, 5.74) is 5.47. The van der Waals surface area contributed by atoms with Crippen molar-refractivity contribution < 1.29 is 4.79 Å². The Bertz CT molecular complexity index is 1060. The van der Waals surface area contributed by atoms with E-state index in [2.05, 4.69) is 35.0 Å². The van der Waals surface area contributed by atoms with E-state index < -0.39 is 0 Å². The number of rotatable bonds is 2. The van der Waals surface area contributed by atoms with E-state index >= 15 is 0 Å². The SMILES string of the molecule is Cc1ccc2c(c1)C1(CCN(C3CC45CC4CCC35)CC1)CN2C(=O)c1ccncc1. The van der Waals surface area contributed by atoms with Crippen molar-refractivity contribution >= 4 is 11.6 Å². The van der Waals surface area contributed by atoms with Crippen molar-refractivity contribution in [1.82, 2.24) is 9.88 Å². The molecule has 160 valence electrons. The lowest BCUT2D eigenvalue weighted by atomic mass is 9.65. The van der Waals surface area contributed by atoms with Gasteiger partial charge in [0.25, 0.3) is 5.91 Å². The third-order valence-corrected chi connectivity index (χ3v) is 9.77. The first-order chi connectivity index (χ1) is 15.1. The normalized spacial score (nSPS) is 34.7. The van der Waals surface area contributed by atoms with E-state index in [1.807, 2.05) is 17.0 Å². The molecule has 2 spiro atoms. The first-order valence-electron chi connectivity index (χ1n) is 12.2. The first-order valence-corrected chi connectivity index (χ1v) is 12.2. The fourth-order valence-corrected chi connectivity index (χ4v) is 7.97. The van der Waals surface area contributed by atoms with E-state index in [1.165, 1.54) is 62.7 Å². The van der Waals surface area contributed by atoms with Crippen LogP contribution in [0.2, 0.25) is 0 Å². The van der Waals surface area contributed by atoms with Crippen molar-refractivity contribution in [3.63, 3.8) is 0 Å². The standard InChI is InChI=1S/C27H31N3O/c1-18-2-5-23-22(14-18)26(17-30(23)25(31)19-6-10-28-11-7-19)8-12-29(13-9-26)24-16-27-15-20(27)3-4-21(24)27/h2,5-7,10-11,14,20-21,24H,3-4,8-9,12-13,15-17H2,1H3. The van der Waals surface area contributed by atoms with Crippen LogP contribution in [0, 0.1) is 24.2 Å². The fourth-order valence-electron chi connectivity index (χ4n) is 7.97. The van der Waals surface area contributed by atoms with Crippen LogP contribution >= 0.6 is 0 Å². The maximum Gasteiger partial charge on any atom is 0.258 e. The molecule has 4 nitrogen and oxygen atoms in total. The van der Waals surface area contributed by atoms with Gasteiger partial charge in [-0.2, -0.15) is 0 Å². The van der Waals surface area contributed by atoms with E-state index in [-0.39, 0.29) is 11.3 Å². The number of piperidine rings is 1. The summed E-state index contributed by atoms with van der Waals surface area (Å²) < 4.78 is 0. The number of anilines is 1. The Kier molecular flexibility index (Phi) is 3.67. The van der Waals surface area contributed by atoms with Gasteiger partial charge in [-0.15, -0.1) is 0 Å². The highest BCUT2D eigenvalue weighted by Gasteiger charge is 2.71. The smallest absolute Gasteiger partial charge is 0.258 e. The molecule has 1 aromatic heterocycles. The molecule has 3 heterocycles. The number of amides is 1. The van der Waals surface area contributed by atoms with Gasteiger partial charge in [-0.05, 0) is 99.6 Å². The monoisotopic (exact) mass is 413 g/mol. The lowest BCUT2D eigenvalue weighted by Gasteiger charge is -2.53. The van der Waals surface area contributed by atoms with Gasteiger partial charge >= 0.3 is 0 Å². The molecule has 1 amide bonds. The number of fused-ring (bicyclic) bond motifs is 2. The Balaban J connectivity index is 1.15. The summed E-state index contributed by atoms with van der Waals surface area (Å²) in [7, 11) is 0. The molecule has 0 N–H and O–H groups in total. The van der Waals surface area contributed by atoms with Crippen LogP contribution in [0.3, 0.4) is 0 Å². The van der Waals surface area contributed by atoms with Gasteiger partial charge in [-0.25, -0.2) is 0 Å². The third-order valence-electron chi connectivity index (χ3n) is 9.77. The van der Waals surface area contributed by atoms with Gasteiger partial charge in [0.1, 0.15) is 0 Å². The highest BCUT2D eigenvalue weighted by Crippen LogP contribution is 2.76. The van der Waals surface area contributed by atoms with Gasteiger partial charge in [-0.3, -0.25) is 9.78 Å². The van der Waals surface area contributed by atoms with Gasteiger partial charge in [0.2, 0.25) is 0 Å². The lowest BCUT2D eigenvalue weighted by molar-refractivity contribution is -0.0240. The summed E-state index contributed by atoms with van der Waals surface area (Å²) in [4.78, 5) is 22.4. The molecular formula is C27H31N3O. The van der Waals surface area contributed by atoms with Gasteiger partial charge < -0.3 is 9.80 Å². The predicted octanol–water partition coefficient (Wildman–Crippen LogP) is 4.57. The van der Waals surface area contributed by atoms with E-state index in [4.69, 9.17) is 0 Å². The fraction of sp³-hybridized carbons (Fsp3) is 0.556. The summed E-state index contributed by atoms with van der Waals surface area (Å²) in [6.45, 7) is 5.37. The van der Waals surface area contributed by atoms with Crippen LogP contribution in [0.15, 0.2) is 42.7 Å². The summed E-state index contributed by atoms with van der Waals surface area (Å²) in [6, 6.07) is 11.2. The molecule has 3 saturated carbocycles. The predicted molar refractivity (Wildman–Crippen MR) is 121 cm³/mol. The van der Waals surface area contributed by atoms with Crippen molar-refractivity contribution in [2.75, 3.05) is 24.5 Å². The van der Waals surface area contributed by atoms with Crippen molar-refractivity contribution in [3.8, 4) is 0 Å². The number of carbonyl (C=O) groups is 1. The summed E-state index contributed by atoms with van der Waals surface area (Å²) in [5, 5.41) is 0. The number of hydrogen-bond acceptors (Lipinski definition) is 3. The van der Waals surface area contributed by atoms with Gasteiger partial charge in [0, 0.05) is 41.6 Å². The molecular weight excluding hydrogens is 382 g/mol. The Labute approximate surface area is 184 Å². The quantitative estimate of drug-likeness (QED) is 0.723. The van der Waals surface area contributed by atoms with Crippen LogP contribution in [-0.4, -0.2) is 41.5 Å². The van der Waals surface area contributed by atoms with Crippen molar-refractivity contribution in [2.24, 2.45) is 17.3 Å². The number of aryl methyl sites for hydroxylation is 1. The maximum atomic E-state index is 13.4. The molecule has 2 aliphatic heterocycles. The Hall–Kier alpha value is -2.20. The largest absolute Gasteiger partial charge is 0.307 e. The molecule has 7 rings (SSSR count). The minimum absolute atomic E-state index is 0.110. The van der Waals surface area contributed by atoms with Crippen LogP contribution in [0.4, 0.5) is 5.69 Å². The number of pyridine rings is 1. The number of benzene rings is 1. The summed E-state index contributed by atoms with van der Waals surface area (Å²) in [6.07, 6.45) is 11.7. The Morgan fingerprint density at radius 2 is 1.87 bits per heavy atom. The minimum Gasteiger partial charge on any atom is -0.307 e. The second-order valence-corrected chi connectivity index (χ2v) is 11.1. The molecule has 1 aromatic carbocycles. The molecule has 5 aliphatic rings. The van der Waals surface area contributed by atoms with E-state index in [0.717, 1.165) is 41.1 Å². The number of aromatic nitrogens is 1. The van der Waals surface area contributed by atoms with Crippen LogP contribution in [-0.2, 0) is 5.41 Å². The average Bonchev–Trinajstić information content (AvgIpc) is 3.37. The Morgan fingerprint density at radius 1 is 1.06 bits per heavy atom. The zero-order chi connectivity index (χ0) is 20.8. The number of likely N-dealkylation sites (tertiary alicyclic amines) is 1. The highest BCUT2D eigenvalue weighted by atomic mass is 16.2. The Morgan fingerprint density at radius 3 is 2.61 bits per heavy atom. The van der Waals surface area contributed by atoms with Gasteiger partial charge in [-0.1, -0.05) is 17.7 Å². The molecule has 1 saturated heterocycles. The molecule has 4 unspecified atom stereocenters. The number of carbonyl (C=O) groups excluding carboxylic acids is 1. The molecule has 4 fully saturated rings. The summed E-state index contributed by atoms with van der Waals surface area (Å²) in [5.74, 6) is 2.19. The second-order valence-electron chi connectivity index (χ2n) is 11.1. The van der Waals surface area contributed by atoms with E-state index in [9.17, 15) is 4.79 Å². The van der Waals surface area contributed by atoms with Crippen LogP contribution in [0.5, 0.6) is 0 Å². The summed E-state index contributed by atoms with van der Waals surface area (Å²) >= 11 is 0. The highest BCUT2D eigenvalue weighted by molar-refractivity contribution is 6.07. The molecule has 0 radical (unpaired) electrons. The second kappa shape index (κ2) is 6.19. The third kappa shape index (κ3) is 2.46. The number of hydrogen-bond donors (Lipinski definition) is 0. The molecule has 2 aromatic rings. The van der Waals surface area contributed by atoms with Crippen LogP contribution in [0.1, 0.15) is 60.0 Å². The number of nitrogens with zero attached hydrogens (tertiary/aromatic N) is 3. The van der Waals surface area contributed by atoms with E-state index in [1.54, 1.807) is 12.4 Å². The molecule has 3 aliphatic carbocycles.